The topological polar surface area (TPSA) is 60.0 Å². The van der Waals surface area contributed by atoms with Crippen molar-refractivity contribution in [2.24, 2.45) is 5.92 Å². The van der Waals surface area contributed by atoms with Crippen molar-refractivity contribution in [3.63, 3.8) is 0 Å². The zero-order valence-electron chi connectivity index (χ0n) is 12.9. The third-order valence-corrected chi connectivity index (χ3v) is 2.99. The van der Waals surface area contributed by atoms with Gasteiger partial charge in [-0.05, 0) is 18.5 Å². The Bertz CT molecular complexity index is 421. The van der Waals surface area contributed by atoms with Gasteiger partial charge in [-0.25, -0.2) is 0 Å². The van der Waals surface area contributed by atoms with Crippen molar-refractivity contribution in [3.05, 3.63) is 17.7 Å². The number of nitrogens with one attached hydrogen (secondary N) is 1. The molecular formula is C15H25NO4. The van der Waals surface area contributed by atoms with E-state index in [4.69, 9.17) is 14.2 Å². The van der Waals surface area contributed by atoms with Gasteiger partial charge in [0.15, 0.2) is 11.5 Å². The number of ether oxygens (including phenoxy) is 3. The summed E-state index contributed by atoms with van der Waals surface area (Å²) < 4.78 is 15.8. The molecule has 1 unspecified atom stereocenters. The summed E-state index contributed by atoms with van der Waals surface area (Å²) in [4.78, 5) is 0. The average Bonchev–Trinajstić information content (AvgIpc) is 2.45. The molecule has 0 amide bonds. The summed E-state index contributed by atoms with van der Waals surface area (Å²) >= 11 is 0. The highest BCUT2D eigenvalue weighted by Gasteiger charge is 2.18. The van der Waals surface area contributed by atoms with E-state index in [2.05, 4.69) is 19.2 Å². The van der Waals surface area contributed by atoms with Crippen LogP contribution in [0.15, 0.2) is 12.1 Å². The van der Waals surface area contributed by atoms with Gasteiger partial charge in [-0.3, -0.25) is 0 Å². The fourth-order valence-electron chi connectivity index (χ4n) is 1.93. The zero-order chi connectivity index (χ0) is 15.1. The second-order valence-corrected chi connectivity index (χ2v) is 5.02. The van der Waals surface area contributed by atoms with Crippen molar-refractivity contribution in [1.29, 1.82) is 0 Å². The predicted molar refractivity (Wildman–Crippen MR) is 78.8 cm³/mol. The van der Waals surface area contributed by atoms with Gasteiger partial charge < -0.3 is 24.6 Å². The van der Waals surface area contributed by atoms with Crippen molar-refractivity contribution in [3.8, 4) is 17.2 Å². The van der Waals surface area contributed by atoms with Gasteiger partial charge in [-0.2, -0.15) is 0 Å². The molecule has 0 radical (unpaired) electrons. The van der Waals surface area contributed by atoms with Crippen LogP contribution in [0.3, 0.4) is 0 Å². The molecule has 0 bridgehead atoms. The summed E-state index contributed by atoms with van der Waals surface area (Å²) in [6.07, 6.45) is -0.663. The molecule has 0 aliphatic carbocycles. The van der Waals surface area contributed by atoms with Gasteiger partial charge in [0, 0.05) is 18.2 Å². The van der Waals surface area contributed by atoms with E-state index in [9.17, 15) is 5.11 Å². The van der Waals surface area contributed by atoms with Crippen LogP contribution in [0, 0.1) is 5.92 Å². The van der Waals surface area contributed by atoms with E-state index in [1.807, 2.05) is 0 Å². The van der Waals surface area contributed by atoms with Gasteiger partial charge in [0.1, 0.15) is 5.75 Å². The van der Waals surface area contributed by atoms with E-state index in [0.717, 1.165) is 6.54 Å². The summed E-state index contributed by atoms with van der Waals surface area (Å²) in [5, 5.41) is 13.5. The molecule has 1 atom stereocenters. The van der Waals surface area contributed by atoms with Crippen LogP contribution in [0.25, 0.3) is 0 Å². The Morgan fingerprint density at radius 2 is 1.50 bits per heavy atom. The maximum Gasteiger partial charge on any atom is 0.164 e. The Kier molecular flexibility index (Phi) is 6.61. The lowest BCUT2D eigenvalue weighted by molar-refractivity contribution is 0.168. The first-order valence-corrected chi connectivity index (χ1v) is 6.72. The molecule has 0 aliphatic rings. The quantitative estimate of drug-likeness (QED) is 0.764. The number of hydrogen-bond acceptors (Lipinski definition) is 5. The van der Waals surface area contributed by atoms with Crippen LogP contribution in [0.4, 0.5) is 0 Å². The maximum atomic E-state index is 10.3. The lowest BCUT2D eigenvalue weighted by Gasteiger charge is -2.18. The van der Waals surface area contributed by atoms with E-state index in [0.29, 0.717) is 35.3 Å². The first kappa shape index (κ1) is 16.6. The predicted octanol–water partition coefficient (Wildman–Crippen LogP) is 1.99. The zero-order valence-corrected chi connectivity index (χ0v) is 12.9. The highest BCUT2D eigenvalue weighted by atomic mass is 16.5. The van der Waals surface area contributed by atoms with Gasteiger partial charge in [0.05, 0.1) is 27.4 Å². The Morgan fingerprint density at radius 1 is 0.950 bits per heavy atom. The molecule has 0 fully saturated rings. The van der Waals surface area contributed by atoms with E-state index in [1.54, 1.807) is 33.5 Å². The molecule has 0 aromatic heterocycles. The number of methoxy groups -OCH3 is 3. The summed E-state index contributed by atoms with van der Waals surface area (Å²) in [7, 11) is 4.70. The van der Waals surface area contributed by atoms with E-state index < -0.39 is 6.10 Å². The second kappa shape index (κ2) is 7.97. The fraction of sp³-hybridized carbons (Fsp3) is 0.600. The second-order valence-electron chi connectivity index (χ2n) is 5.02. The van der Waals surface area contributed by atoms with Crippen LogP contribution in [0.2, 0.25) is 0 Å². The molecular weight excluding hydrogens is 258 g/mol. The molecule has 0 saturated heterocycles. The molecule has 0 heterocycles. The van der Waals surface area contributed by atoms with Crippen LogP contribution >= 0.6 is 0 Å². The third kappa shape index (κ3) is 4.28. The third-order valence-electron chi connectivity index (χ3n) is 2.99. The molecule has 0 aliphatic heterocycles. The molecule has 0 spiro atoms. The largest absolute Gasteiger partial charge is 0.496 e. The van der Waals surface area contributed by atoms with Crippen molar-refractivity contribution < 1.29 is 19.3 Å². The number of benzene rings is 1. The number of aliphatic hydroxyl groups excluding tert-OH is 1. The van der Waals surface area contributed by atoms with Gasteiger partial charge in [-0.1, -0.05) is 13.8 Å². The van der Waals surface area contributed by atoms with Crippen molar-refractivity contribution in [2.75, 3.05) is 34.4 Å². The lowest BCUT2D eigenvalue weighted by atomic mass is 10.1. The average molecular weight is 283 g/mol. The van der Waals surface area contributed by atoms with Gasteiger partial charge in [0.2, 0.25) is 0 Å². The highest BCUT2D eigenvalue weighted by molar-refractivity contribution is 5.51. The summed E-state index contributed by atoms with van der Waals surface area (Å²) in [5.41, 5.74) is 0.682. The van der Waals surface area contributed by atoms with Crippen LogP contribution < -0.4 is 19.5 Å². The van der Waals surface area contributed by atoms with Crippen molar-refractivity contribution >= 4 is 0 Å². The normalized spacial score (nSPS) is 12.3. The first-order chi connectivity index (χ1) is 9.53. The van der Waals surface area contributed by atoms with E-state index in [1.165, 1.54) is 0 Å². The smallest absolute Gasteiger partial charge is 0.164 e. The van der Waals surface area contributed by atoms with E-state index in [-0.39, 0.29) is 0 Å². The van der Waals surface area contributed by atoms with Crippen LogP contribution in [-0.4, -0.2) is 39.5 Å². The SMILES string of the molecule is COc1cc(OC)c(C(O)CNCC(C)C)cc1OC. The maximum absolute atomic E-state index is 10.3. The standard InChI is InChI=1S/C15H25NO4/c1-10(2)8-16-9-12(17)11-6-14(19-4)15(20-5)7-13(11)18-3/h6-7,10,12,16-17H,8-9H2,1-5H3. The molecule has 5 heteroatoms. The summed E-state index contributed by atoms with van der Waals surface area (Å²) in [6.45, 7) is 5.56. The Labute approximate surface area is 120 Å². The molecule has 0 saturated carbocycles. The number of aliphatic hydroxyl groups is 1. The monoisotopic (exact) mass is 283 g/mol. The Morgan fingerprint density at radius 3 is 2.00 bits per heavy atom. The Balaban J connectivity index is 2.91. The molecule has 1 aromatic rings. The molecule has 5 nitrogen and oxygen atoms in total. The molecule has 2 N–H and O–H groups in total. The fourth-order valence-corrected chi connectivity index (χ4v) is 1.93. The minimum Gasteiger partial charge on any atom is -0.496 e. The van der Waals surface area contributed by atoms with Crippen LogP contribution in [0.1, 0.15) is 25.5 Å². The van der Waals surface area contributed by atoms with Crippen LogP contribution in [0.5, 0.6) is 17.2 Å². The minimum absolute atomic E-state index is 0.462. The summed E-state index contributed by atoms with van der Waals surface area (Å²) in [5.74, 6) is 2.28. The van der Waals surface area contributed by atoms with E-state index >= 15 is 0 Å². The first-order valence-electron chi connectivity index (χ1n) is 6.72. The summed E-state index contributed by atoms with van der Waals surface area (Å²) in [6, 6.07) is 3.47. The lowest BCUT2D eigenvalue weighted by Crippen LogP contribution is -2.25. The van der Waals surface area contributed by atoms with Crippen LogP contribution in [-0.2, 0) is 0 Å². The molecule has 1 aromatic carbocycles. The molecule has 114 valence electrons. The van der Waals surface area contributed by atoms with Gasteiger partial charge in [-0.15, -0.1) is 0 Å². The highest BCUT2D eigenvalue weighted by Crippen LogP contribution is 2.37. The number of hydrogen-bond donors (Lipinski definition) is 2. The Hall–Kier alpha value is -1.46. The van der Waals surface area contributed by atoms with Gasteiger partial charge in [0.25, 0.3) is 0 Å². The van der Waals surface area contributed by atoms with Crippen molar-refractivity contribution in [2.45, 2.75) is 20.0 Å². The van der Waals surface area contributed by atoms with Crippen molar-refractivity contribution in [1.82, 2.24) is 5.32 Å². The van der Waals surface area contributed by atoms with Gasteiger partial charge >= 0.3 is 0 Å². The number of rotatable bonds is 8. The molecule has 1 rings (SSSR count). The minimum atomic E-state index is -0.663. The molecule has 20 heavy (non-hydrogen) atoms.